The van der Waals surface area contributed by atoms with Crippen molar-refractivity contribution in [2.24, 2.45) is 4.99 Å². The smallest absolute Gasteiger partial charge is 0.456 e. The minimum atomic E-state index is -6.00. The Kier molecular flexibility index (Phi) is 8.72. The molecule has 1 fully saturated rings. The topological polar surface area (TPSA) is 38.0 Å². The molecule has 32 heavy (non-hydrogen) atoms. The number of rotatable bonds is 5. The van der Waals surface area contributed by atoms with Gasteiger partial charge >= 0.3 is 8.68 Å². The Morgan fingerprint density at radius 2 is 1.69 bits per heavy atom. The third kappa shape index (κ3) is 7.96. The molecule has 0 unspecified atom stereocenters. The van der Waals surface area contributed by atoms with Crippen molar-refractivity contribution in [1.82, 2.24) is 4.90 Å². The van der Waals surface area contributed by atoms with Crippen molar-refractivity contribution in [2.45, 2.75) is 6.42 Å². The SMILES string of the molecule is Clc1ccc2oc(-c3ccccc3)cc(=NCCCN3CCOCC3)c2c1.F[B-](F)(F)F.[H+]. The lowest BCUT2D eigenvalue weighted by molar-refractivity contribution is 0.0377. The normalized spacial score (nSPS) is 15.5. The van der Waals surface area contributed by atoms with Crippen LogP contribution in [0.2, 0.25) is 5.02 Å². The Hall–Kier alpha value is -2.36. The molecule has 4 rings (SSSR count). The minimum absolute atomic E-state index is 0. The van der Waals surface area contributed by atoms with Gasteiger partial charge in [0.05, 0.1) is 18.6 Å². The molecular formula is C22H24BClF4N2O2. The summed E-state index contributed by atoms with van der Waals surface area (Å²) in [5.74, 6) is 0.817. The van der Waals surface area contributed by atoms with Gasteiger partial charge in [0, 0.05) is 48.2 Å². The first-order chi connectivity index (χ1) is 15.3. The van der Waals surface area contributed by atoms with Crippen molar-refractivity contribution in [2.75, 3.05) is 39.4 Å². The van der Waals surface area contributed by atoms with Crippen molar-refractivity contribution >= 4 is 29.8 Å². The minimum Gasteiger partial charge on any atom is -0.456 e. The fourth-order valence-corrected chi connectivity index (χ4v) is 3.51. The van der Waals surface area contributed by atoms with Crippen LogP contribution in [0.4, 0.5) is 17.3 Å². The van der Waals surface area contributed by atoms with Crippen LogP contribution in [0.1, 0.15) is 7.85 Å². The lowest BCUT2D eigenvalue weighted by Gasteiger charge is -2.26. The molecule has 10 heteroatoms. The summed E-state index contributed by atoms with van der Waals surface area (Å²) < 4.78 is 50.5. The molecule has 0 bridgehead atoms. The number of hydrogen-bond donors (Lipinski definition) is 0. The number of halogens is 5. The van der Waals surface area contributed by atoms with Crippen LogP contribution in [0.25, 0.3) is 22.3 Å². The van der Waals surface area contributed by atoms with Crippen molar-refractivity contribution < 1.29 is 27.8 Å². The van der Waals surface area contributed by atoms with Gasteiger partial charge in [-0.3, -0.25) is 9.89 Å². The molecule has 2 aromatic carbocycles. The molecule has 1 saturated heterocycles. The summed E-state index contributed by atoms with van der Waals surface area (Å²) in [6, 6.07) is 17.8. The summed E-state index contributed by atoms with van der Waals surface area (Å²) >= 11 is 6.21. The zero-order valence-electron chi connectivity index (χ0n) is 18.3. The van der Waals surface area contributed by atoms with Gasteiger partial charge < -0.3 is 26.4 Å². The van der Waals surface area contributed by atoms with E-state index in [1.165, 1.54) is 0 Å². The molecule has 0 saturated carbocycles. The van der Waals surface area contributed by atoms with Gasteiger partial charge in [0.1, 0.15) is 11.3 Å². The van der Waals surface area contributed by atoms with Crippen LogP contribution in [0.5, 0.6) is 0 Å². The predicted molar refractivity (Wildman–Crippen MR) is 120 cm³/mol. The molecule has 1 aliphatic heterocycles. The van der Waals surface area contributed by atoms with E-state index in [-0.39, 0.29) is 1.43 Å². The van der Waals surface area contributed by atoms with Gasteiger partial charge in [-0.15, -0.1) is 0 Å². The van der Waals surface area contributed by atoms with Crippen molar-refractivity contribution in [3.05, 3.63) is 65.0 Å². The standard InChI is InChI=1S/C22H23ClN2O2.BF4/c23-18-7-8-21-19(15-18)20(16-22(27-21)17-5-2-1-3-6-17)24-9-4-10-25-11-13-26-14-12-25;2-1(3,4)5/h1-3,5-8,15-16H,4,9-14H2;/q;-1/p+1. The second-order valence-electron chi connectivity index (χ2n) is 7.19. The highest BCUT2D eigenvalue weighted by Crippen LogP contribution is 2.23. The van der Waals surface area contributed by atoms with Gasteiger partial charge in [-0.2, -0.15) is 0 Å². The predicted octanol–water partition coefficient (Wildman–Crippen LogP) is 5.79. The van der Waals surface area contributed by atoms with E-state index in [9.17, 15) is 17.3 Å². The molecule has 0 spiro atoms. The number of ether oxygens (including phenoxy) is 1. The summed E-state index contributed by atoms with van der Waals surface area (Å²) in [5.41, 5.74) is 1.84. The van der Waals surface area contributed by atoms with E-state index < -0.39 is 7.25 Å². The summed E-state index contributed by atoms with van der Waals surface area (Å²) in [6.07, 6.45) is 1.02. The van der Waals surface area contributed by atoms with Crippen LogP contribution >= 0.6 is 11.6 Å². The molecule has 0 radical (unpaired) electrons. The average molecular weight is 471 g/mol. The van der Waals surface area contributed by atoms with Gasteiger partial charge in [-0.25, -0.2) is 0 Å². The van der Waals surface area contributed by atoms with Crippen LogP contribution in [-0.2, 0) is 4.74 Å². The summed E-state index contributed by atoms with van der Waals surface area (Å²) in [6.45, 7) is 5.52. The third-order valence-electron chi connectivity index (χ3n) is 4.78. The second-order valence-corrected chi connectivity index (χ2v) is 7.62. The van der Waals surface area contributed by atoms with E-state index >= 15 is 0 Å². The van der Waals surface area contributed by atoms with E-state index in [0.29, 0.717) is 5.02 Å². The molecule has 0 N–H and O–H groups in total. The van der Waals surface area contributed by atoms with E-state index in [2.05, 4.69) is 4.90 Å². The Balaban J connectivity index is 0.000000583. The first-order valence-corrected chi connectivity index (χ1v) is 10.6. The van der Waals surface area contributed by atoms with Crippen molar-refractivity contribution in [3.8, 4) is 11.3 Å². The van der Waals surface area contributed by atoms with Crippen LogP contribution in [-0.4, -0.2) is 51.5 Å². The largest absolute Gasteiger partial charge is 1.00 e. The number of hydrogen-bond acceptors (Lipinski definition) is 4. The second kappa shape index (κ2) is 11.5. The maximum absolute atomic E-state index is 9.75. The molecule has 1 aliphatic rings. The maximum atomic E-state index is 9.75. The van der Waals surface area contributed by atoms with Crippen LogP contribution in [0, 0.1) is 0 Å². The molecule has 1 aromatic heterocycles. The lowest BCUT2D eigenvalue weighted by atomic mass is 10.1. The molecule has 0 aliphatic carbocycles. The molecule has 172 valence electrons. The summed E-state index contributed by atoms with van der Waals surface area (Å²) in [4.78, 5) is 7.30. The third-order valence-corrected chi connectivity index (χ3v) is 5.02. The maximum Gasteiger partial charge on any atom is 1.00 e. The molecule has 3 aromatic rings. The monoisotopic (exact) mass is 470 g/mol. The Morgan fingerprint density at radius 3 is 2.38 bits per heavy atom. The Morgan fingerprint density at radius 1 is 1.00 bits per heavy atom. The summed E-state index contributed by atoms with van der Waals surface area (Å²) in [7, 11) is -6.00. The van der Waals surface area contributed by atoms with Gasteiger partial charge in [0.2, 0.25) is 0 Å². The summed E-state index contributed by atoms with van der Waals surface area (Å²) in [5, 5.41) is 2.57. The number of benzene rings is 2. The van der Waals surface area contributed by atoms with Crippen LogP contribution in [0.3, 0.4) is 0 Å². The highest BCUT2D eigenvalue weighted by Gasteiger charge is 2.20. The van der Waals surface area contributed by atoms with Gasteiger partial charge in [0.15, 0.2) is 0 Å². The average Bonchev–Trinajstić information content (AvgIpc) is 2.77. The Bertz CT molecular complexity index is 1070. The highest BCUT2D eigenvalue weighted by atomic mass is 35.5. The number of fused-ring (bicyclic) bond motifs is 1. The molecule has 0 atom stereocenters. The fourth-order valence-electron chi connectivity index (χ4n) is 3.34. The molecule has 2 heterocycles. The number of morpholine rings is 1. The lowest BCUT2D eigenvalue weighted by Crippen LogP contribution is -2.37. The zero-order chi connectivity index (χ0) is 23.0. The molecule has 0 amide bonds. The van der Waals surface area contributed by atoms with Crippen molar-refractivity contribution in [1.29, 1.82) is 0 Å². The molecule has 4 nitrogen and oxygen atoms in total. The van der Waals surface area contributed by atoms with E-state index in [1.54, 1.807) is 0 Å². The van der Waals surface area contributed by atoms with Crippen LogP contribution < -0.4 is 5.36 Å². The van der Waals surface area contributed by atoms with E-state index in [4.69, 9.17) is 25.7 Å². The van der Waals surface area contributed by atoms with Gasteiger partial charge in [-0.1, -0.05) is 41.9 Å². The van der Waals surface area contributed by atoms with Gasteiger partial charge in [0.25, 0.3) is 0 Å². The van der Waals surface area contributed by atoms with Crippen molar-refractivity contribution in [3.63, 3.8) is 0 Å². The van der Waals surface area contributed by atoms with E-state index in [1.807, 2.05) is 54.6 Å². The zero-order valence-corrected chi connectivity index (χ0v) is 18.1. The highest BCUT2D eigenvalue weighted by molar-refractivity contribution is 6.50. The first-order valence-electron chi connectivity index (χ1n) is 10.3. The quantitative estimate of drug-likeness (QED) is 0.269. The number of nitrogens with zero attached hydrogens (tertiary/aromatic N) is 2. The van der Waals surface area contributed by atoms with E-state index in [0.717, 1.165) is 73.5 Å². The fraction of sp³-hybridized carbons (Fsp3) is 0.318. The van der Waals surface area contributed by atoms with Crippen LogP contribution in [0.15, 0.2) is 64.0 Å². The van der Waals surface area contributed by atoms with Gasteiger partial charge in [-0.05, 0) is 24.6 Å². The molecular weight excluding hydrogens is 447 g/mol. The Labute approximate surface area is 190 Å². The first kappa shape index (κ1) is 24.3.